The van der Waals surface area contributed by atoms with Crippen molar-refractivity contribution < 1.29 is 4.57 Å². The summed E-state index contributed by atoms with van der Waals surface area (Å²) in [5, 5.41) is 7.04. The summed E-state index contributed by atoms with van der Waals surface area (Å²) < 4.78 is 2.38. The number of benzene rings is 2. The average molecular weight is 418 g/mol. The molecule has 4 rings (SSSR count). The van der Waals surface area contributed by atoms with E-state index in [9.17, 15) is 0 Å². The lowest BCUT2D eigenvalue weighted by Gasteiger charge is -2.21. The first kappa shape index (κ1) is 19.7. The molecular formula is C25H25N2S2+. The molecule has 1 aliphatic heterocycles. The van der Waals surface area contributed by atoms with Gasteiger partial charge < -0.3 is 4.90 Å². The van der Waals surface area contributed by atoms with Crippen molar-refractivity contribution in [3.8, 4) is 11.3 Å². The van der Waals surface area contributed by atoms with Gasteiger partial charge in [-0.15, -0.1) is 0 Å². The summed E-state index contributed by atoms with van der Waals surface area (Å²) in [7, 11) is 0. The van der Waals surface area contributed by atoms with Gasteiger partial charge in [0.25, 0.3) is 5.01 Å². The normalized spacial score (nSPS) is 15.4. The van der Waals surface area contributed by atoms with E-state index < -0.39 is 0 Å². The lowest BCUT2D eigenvalue weighted by atomic mass is 10.1. The number of hydrogen-bond donors (Lipinski definition) is 0. The van der Waals surface area contributed by atoms with E-state index in [1.165, 1.54) is 32.6 Å². The van der Waals surface area contributed by atoms with Crippen LogP contribution in [0.2, 0.25) is 0 Å². The number of hydrogen-bond acceptors (Lipinski definition) is 3. The monoisotopic (exact) mass is 417 g/mol. The van der Waals surface area contributed by atoms with Crippen LogP contribution in [0.3, 0.4) is 0 Å². The highest BCUT2D eigenvalue weighted by molar-refractivity contribution is 8.06. The predicted molar refractivity (Wildman–Crippen MR) is 127 cm³/mol. The van der Waals surface area contributed by atoms with E-state index >= 15 is 0 Å². The fourth-order valence-corrected chi connectivity index (χ4v) is 5.53. The van der Waals surface area contributed by atoms with E-state index in [0.29, 0.717) is 0 Å². The van der Waals surface area contributed by atoms with Crippen molar-refractivity contribution in [2.24, 2.45) is 0 Å². The van der Waals surface area contributed by atoms with Crippen molar-refractivity contribution in [1.82, 2.24) is 4.90 Å². The molecule has 0 spiro atoms. The Balaban J connectivity index is 1.55. The molecule has 2 heterocycles. The Bertz CT molecular complexity index is 1050. The fraction of sp³-hybridized carbons (Fsp3) is 0.160. The van der Waals surface area contributed by atoms with Crippen LogP contribution in [0.1, 0.15) is 24.4 Å². The number of rotatable bonds is 6. The molecule has 0 aliphatic carbocycles. The summed E-state index contributed by atoms with van der Waals surface area (Å²) in [6, 6.07) is 21.2. The number of allylic oxidation sites excluding steroid dienone is 2. The largest absolute Gasteiger partial charge is 0.335 e. The summed E-state index contributed by atoms with van der Waals surface area (Å²) in [6.07, 6.45) is 6.63. The Morgan fingerprint density at radius 1 is 0.931 bits per heavy atom. The third kappa shape index (κ3) is 4.24. The van der Waals surface area contributed by atoms with Gasteiger partial charge >= 0.3 is 0 Å². The van der Waals surface area contributed by atoms with Crippen LogP contribution in [0.5, 0.6) is 0 Å². The van der Waals surface area contributed by atoms with Gasteiger partial charge in [0.1, 0.15) is 6.54 Å². The molecule has 1 aromatic heterocycles. The van der Waals surface area contributed by atoms with Crippen LogP contribution >= 0.6 is 23.1 Å². The molecule has 0 N–H and O–H groups in total. The average Bonchev–Trinajstić information content (AvgIpc) is 3.38. The first-order chi connectivity index (χ1) is 14.3. The van der Waals surface area contributed by atoms with Crippen LogP contribution in [-0.4, -0.2) is 11.4 Å². The summed E-state index contributed by atoms with van der Waals surface area (Å²) in [5.41, 5.74) is 5.10. The van der Waals surface area contributed by atoms with E-state index in [1.54, 1.807) is 23.1 Å². The van der Waals surface area contributed by atoms with Crippen molar-refractivity contribution in [3.05, 3.63) is 99.2 Å². The second kappa shape index (κ2) is 9.29. The Labute approximate surface area is 181 Å². The highest BCUT2D eigenvalue weighted by Crippen LogP contribution is 2.39. The zero-order valence-corrected chi connectivity index (χ0v) is 18.4. The molecule has 0 radical (unpaired) electrons. The second-order valence-corrected chi connectivity index (χ2v) is 8.44. The van der Waals surface area contributed by atoms with Gasteiger partial charge in [-0.2, -0.15) is 4.57 Å². The van der Waals surface area contributed by atoms with E-state index in [4.69, 9.17) is 0 Å². The first-order valence-electron chi connectivity index (χ1n) is 9.96. The minimum Gasteiger partial charge on any atom is -0.335 e. The molecule has 3 aromatic rings. The SMILES string of the molecule is CCN1C(=CC=Cc2scc(-c3ccccc3)[n+]2CC)SC=C1c1ccccc1. The summed E-state index contributed by atoms with van der Waals surface area (Å²) in [6.45, 7) is 6.33. The molecule has 146 valence electrons. The lowest BCUT2D eigenvalue weighted by Crippen LogP contribution is -2.35. The predicted octanol–water partition coefficient (Wildman–Crippen LogP) is 6.64. The van der Waals surface area contributed by atoms with Gasteiger partial charge in [0.05, 0.1) is 16.1 Å². The summed E-state index contributed by atoms with van der Waals surface area (Å²) in [5.74, 6) is 0. The zero-order chi connectivity index (χ0) is 20.1. The molecule has 0 saturated heterocycles. The third-order valence-electron chi connectivity index (χ3n) is 4.95. The number of thiazole rings is 1. The Kier molecular flexibility index (Phi) is 6.33. The molecule has 1 aliphatic rings. The molecule has 0 atom stereocenters. The smallest absolute Gasteiger partial charge is 0.262 e. The maximum atomic E-state index is 2.38. The quantitative estimate of drug-likeness (QED) is 0.415. The van der Waals surface area contributed by atoms with Crippen LogP contribution in [0.15, 0.2) is 88.6 Å². The molecule has 2 aromatic carbocycles. The van der Waals surface area contributed by atoms with Gasteiger partial charge in [0.15, 0.2) is 0 Å². The van der Waals surface area contributed by atoms with Gasteiger partial charge in [0, 0.05) is 23.6 Å². The summed E-state index contributed by atoms with van der Waals surface area (Å²) in [4.78, 5) is 2.38. The van der Waals surface area contributed by atoms with Crippen LogP contribution < -0.4 is 4.57 Å². The second-order valence-electron chi connectivity index (χ2n) is 6.66. The van der Waals surface area contributed by atoms with Crippen molar-refractivity contribution in [2.45, 2.75) is 20.4 Å². The lowest BCUT2D eigenvalue weighted by molar-refractivity contribution is -0.679. The standard InChI is InChI=1S/C25H25N2S2/c1-3-26-22(20-12-7-5-8-13-20)18-28-24(26)16-11-17-25-27(4-2)23(19-29-25)21-14-9-6-10-15-21/h5-19H,3-4H2,1-2H3/q+1. The Morgan fingerprint density at radius 2 is 1.62 bits per heavy atom. The van der Waals surface area contributed by atoms with E-state index in [-0.39, 0.29) is 0 Å². The molecular weight excluding hydrogens is 392 g/mol. The first-order valence-corrected chi connectivity index (χ1v) is 11.7. The molecule has 0 unspecified atom stereocenters. The van der Waals surface area contributed by atoms with Crippen molar-refractivity contribution in [3.63, 3.8) is 0 Å². The maximum Gasteiger partial charge on any atom is 0.262 e. The highest BCUT2D eigenvalue weighted by atomic mass is 32.2. The fourth-order valence-electron chi connectivity index (χ4n) is 3.51. The van der Waals surface area contributed by atoms with Crippen molar-refractivity contribution >= 4 is 34.9 Å². The number of thioether (sulfide) groups is 1. The van der Waals surface area contributed by atoms with Crippen LogP contribution in [0, 0.1) is 0 Å². The van der Waals surface area contributed by atoms with E-state index in [2.05, 4.69) is 113 Å². The van der Waals surface area contributed by atoms with Gasteiger partial charge in [-0.25, -0.2) is 0 Å². The van der Waals surface area contributed by atoms with Crippen molar-refractivity contribution in [1.29, 1.82) is 0 Å². The molecule has 0 saturated carbocycles. The maximum absolute atomic E-state index is 2.38. The Hall–Kier alpha value is -2.56. The van der Waals surface area contributed by atoms with Crippen LogP contribution in [0.25, 0.3) is 23.0 Å². The van der Waals surface area contributed by atoms with Crippen LogP contribution in [0.4, 0.5) is 0 Å². The van der Waals surface area contributed by atoms with Gasteiger partial charge in [-0.05, 0) is 37.6 Å². The highest BCUT2D eigenvalue weighted by Gasteiger charge is 2.21. The zero-order valence-electron chi connectivity index (χ0n) is 16.8. The van der Waals surface area contributed by atoms with Gasteiger partial charge in [-0.3, -0.25) is 0 Å². The minimum atomic E-state index is 0.958. The molecule has 4 heteroatoms. The molecule has 29 heavy (non-hydrogen) atoms. The van der Waals surface area contributed by atoms with Crippen molar-refractivity contribution in [2.75, 3.05) is 6.54 Å². The third-order valence-corrected chi connectivity index (χ3v) is 6.82. The van der Waals surface area contributed by atoms with E-state index in [0.717, 1.165) is 13.1 Å². The van der Waals surface area contributed by atoms with Gasteiger partial charge in [0.2, 0.25) is 5.69 Å². The number of nitrogens with zero attached hydrogens (tertiary/aromatic N) is 2. The number of aromatic nitrogens is 1. The molecule has 0 amide bonds. The summed E-state index contributed by atoms with van der Waals surface area (Å²) >= 11 is 3.59. The topological polar surface area (TPSA) is 7.12 Å². The van der Waals surface area contributed by atoms with Gasteiger partial charge in [-0.1, -0.05) is 77.7 Å². The van der Waals surface area contributed by atoms with E-state index in [1.807, 2.05) is 0 Å². The Morgan fingerprint density at radius 3 is 2.28 bits per heavy atom. The molecule has 0 fully saturated rings. The molecule has 2 nitrogen and oxygen atoms in total. The van der Waals surface area contributed by atoms with Crippen LogP contribution in [-0.2, 0) is 6.54 Å². The molecule has 0 bridgehead atoms. The minimum absolute atomic E-state index is 0.958.